The van der Waals surface area contributed by atoms with E-state index in [0.717, 1.165) is 24.7 Å². The Morgan fingerprint density at radius 2 is 1.89 bits per heavy atom. The Kier molecular flexibility index (Phi) is 2.97. The van der Waals surface area contributed by atoms with Gasteiger partial charge in [-0.3, -0.25) is 0 Å². The zero-order chi connectivity index (χ0) is 12.8. The molecule has 0 heterocycles. The monoisotopic (exact) mass is 244 g/mol. The van der Waals surface area contributed by atoms with E-state index in [9.17, 15) is 5.11 Å². The topological polar surface area (TPSA) is 20.2 Å². The molecule has 18 heavy (non-hydrogen) atoms. The first-order chi connectivity index (χ1) is 8.60. The average molecular weight is 244 g/mol. The van der Waals surface area contributed by atoms with Gasteiger partial charge in [-0.25, -0.2) is 0 Å². The Balaban J connectivity index is 1.90. The lowest BCUT2D eigenvalue weighted by Crippen LogP contribution is -2.34. The van der Waals surface area contributed by atoms with Crippen LogP contribution in [0.4, 0.5) is 0 Å². The lowest BCUT2D eigenvalue weighted by Gasteiger charge is -2.38. The number of aliphatic hydroxyl groups is 1. The summed E-state index contributed by atoms with van der Waals surface area (Å²) in [6, 6.07) is 6.37. The molecule has 1 aromatic carbocycles. The largest absolute Gasteiger partial charge is 0.385 e. The number of hydrogen-bond donors (Lipinski definition) is 1. The number of benzene rings is 1. The van der Waals surface area contributed by atoms with Gasteiger partial charge in [0.05, 0.1) is 5.60 Å². The molecule has 0 amide bonds. The van der Waals surface area contributed by atoms with Crippen LogP contribution in [0.3, 0.4) is 0 Å². The van der Waals surface area contributed by atoms with Gasteiger partial charge in [0, 0.05) is 0 Å². The Morgan fingerprint density at radius 3 is 2.61 bits per heavy atom. The van der Waals surface area contributed by atoms with Crippen LogP contribution < -0.4 is 0 Å². The van der Waals surface area contributed by atoms with Gasteiger partial charge in [-0.1, -0.05) is 18.2 Å². The van der Waals surface area contributed by atoms with Crippen molar-refractivity contribution < 1.29 is 5.11 Å². The zero-order valence-corrected chi connectivity index (χ0v) is 11.6. The first-order valence-corrected chi connectivity index (χ1v) is 7.39. The maximum atomic E-state index is 11.1. The normalized spacial score (nSPS) is 32.5. The molecule has 0 spiro atoms. The van der Waals surface area contributed by atoms with E-state index in [4.69, 9.17) is 0 Å². The molecule has 2 unspecified atom stereocenters. The van der Waals surface area contributed by atoms with Gasteiger partial charge in [-0.15, -0.1) is 0 Å². The predicted molar refractivity (Wildman–Crippen MR) is 74.5 cm³/mol. The molecule has 0 aromatic heterocycles. The summed E-state index contributed by atoms with van der Waals surface area (Å²) in [7, 11) is 0. The van der Waals surface area contributed by atoms with Crippen LogP contribution in [0.25, 0.3) is 0 Å². The van der Waals surface area contributed by atoms with E-state index in [1.54, 1.807) is 0 Å². The SMILES string of the molecule is Cc1cccc(C2(O)CCCC(C3CC3)C2)c1C. The highest BCUT2D eigenvalue weighted by atomic mass is 16.3. The fourth-order valence-corrected chi connectivity index (χ4v) is 3.76. The molecule has 0 radical (unpaired) electrons. The molecule has 2 saturated carbocycles. The molecule has 3 rings (SSSR count). The lowest BCUT2D eigenvalue weighted by atomic mass is 9.71. The molecule has 98 valence electrons. The Morgan fingerprint density at radius 1 is 1.11 bits per heavy atom. The average Bonchev–Trinajstić information content (AvgIpc) is 3.16. The van der Waals surface area contributed by atoms with Crippen molar-refractivity contribution in [3.05, 3.63) is 34.9 Å². The highest BCUT2D eigenvalue weighted by Gasteiger charge is 2.42. The van der Waals surface area contributed by atoms with Crippen molar-refractivity contribution in [2.75, 3.05) is 0 Å². The summed E-state index contributed by atoms with van der Waals surface area (Å²) >= 11 is 0. The molecule has 0 aliphatic heterocycles. The predicted octanol–water partition coefficient (Wildman–Crippen LogP) is 4.09. The Bertz CT molecular complexity index is 447. The first-order valence-electron chi connectivity index (χ1n) is 7.39. The standard InChI is InChI=1S/C17H24O/c1-12-5-3-7-16(13(12)2)17(18)10-4-6-15(11-17)14-8-9-14/h3,5,7,14-15,18H,4,6,8-11H2,1-2H3. The number of aryl methyl sites for hydroxylation is 1. The van der Waals surface area contributed by atoms with Crippen molar-refractivity contribution in [2.24, 2.45) is 11.8 Å². The number of rotatable bonds is 2. The van der Waals surface area contributed by atoms with Gasteiger partial charge < -0.3 is 5.11 Å². The summed E-state index contributed by atoms with van der Waals surface area (Å²) in [6.45, 7) is 4.30. The van der Waals surface area contributed by atoms with Gasteiger partial charge in [-0.05, 0) is 80.9 Å². The molecule has 0 saturated heterocycles. The molecule has 2 aliphatic rings. The van der Waals surface area contributed by atoms with Crippen molar-refractivity contribution in [1.29, 1.82) is 0 Å². The summed E-state index contributed by atoms with van der Waals surface area (Å²) in [5, 5.41) is 11.1. The molecule has 2 atom stereocenters. The van der Waals surface area contributed by atoms with Crippen LogP contribution in [-0.4, -0.2) is 5.11 Å². The fourth-order valence-electron chi connectivity index (χ4n) is 3.76. The summed E-state index contributed by atoms with van der Waals surface area (Å²) in [6.07, 6.45) is 7.24. The van der Waals surface area contributed by atoms with E-state index < -0.39 is 5.60 Å². The third-order valence-corrected chi connectivity index (χ3v) is 5.16. The highest BCUT2D eigenvalue weighted by Crippen LogP contribution is 2.50. The van der Waals surface area contributed by atoms with E-state index in [0.29, 0.717) is 0 Å². The van der Waals surface area contributed by atoms with Crippen molar-refractivity contribution in [3.8, 4) is 0 Å². The van der Waals surface area contributed by atoms with Gasteiger partial charge in [0.15, 0.2) is 0 Å². The second-order valence-corrected chi connectivity index (χ2v) is 6.47. The van der Waals surface area contributed by atoms with E-state index in [1.807, 2.05) is 0 Å². The molecule has 1 heteroatoms. The molecule has 2 fully saturated rings. The highest BCUT2D eigenvalue weighted by molar-refractivity contribution is 5.37. The summed E-state index contributed by atoms with van der Waals surface area (Å²) < 4.78 is 0. The molecule has 0 bridgehead atoms. The maximum Gasteiger partial charge on any atom is 0.0902 e. The summed E-state index contributed by atoms with van der Waals surface area (Å²) in [5.41, 5.74) is 3.22. The second-order valence-electron chi connectivity index (χ2n) is 6.47. The van der Waals surface area contributed by atoms with Crippen LogP contribution in [-0.2, 0) is 5.60 Å². The van der Waals surface area contributed by atoms with Crippen molar-refractivity contribution >= 4 is 0 Å². The quantitative estimate of drug-likeness (QED) is 0.830. The molecular formula is C17H24O. The molecule has 1 nitrogen and oxygen atoms in total. The van der Waals surface area contributed by atoms with Gasteiger partial charge in [0.1, 0.15) is 0 Å². The van der Waals surface area contributed by atoms with Crippen LogP contribution in [0.5, 0.6) is 0 Å². The van der Waals surface area contributed by atoms with Gasteiger partial charge in [0.2, 0.25) is 0 Å². The maximum absolute atomic E-state index is 11.1. The minimum Gasteiger partial charge on any atom is -0.385 e. The Labute approximate surface area is 110 Å². The van der Waals surface area contributed by atoms with E-state index in [1.165, 1.54) is 42.4 Å². The van der Waals surface area contributed by atoms with E-state index >= 15 is 0 Å². The molecular weight excluding hydrogens is 220 g/mol. The number of hydrogen-bond acceptors (Lipinski definition) is 1. The van der Waals surface area contributed by atoms with Crippen LogP contribution in [0, 0.1) is 25.7 Å². The second kappa shape index (κ2) is 4.38. The van der Waals surface area contributed by atoms with E-state index in [2.05, 4.69) is 32.0 Å². The zero-order valence-electron chi connectivity index (χ0n) is 11.6. The van der Waals surface area contributed by atoms with Crippen LogP contribution in [0.1, 0.15) is 55.2 Å². The third kappa shape index (κ3) is 2.09. The van der Waals surface area contributed by atoms with Crippen molar-refractivity contribution in [3.63, 3.8) is 0 Å². The summed E-state index contributed by atoms with van der Waals surface area (Å²) in [4.78, 5) is 0. The first kappa shape index (κ1) is 12.2. The van der Waals surface area contributed by atoms with Crippen LogP contribution in [0.15, 0.2) is 18.2 Å². The van der Waals surface area contributed by atoms with Gasteiger partial charge >= 0.3 is 0 Å². The van der Waals surface area contributed by atoms with Crippen molar-refractivity contribution in [1.82, 2.24) is 0 Å². The lowest BCUT2D eigenvalue weighted by molar-refractivity contribution is -0.0256. The summed E-state index contributed by atoms with van der Waals surface area (Å²) in [5.74, 6) is 1.69. The minimum absolute atomic E-state index is 0.554. The van der Waals surface area contributed by atoms with Gasteiger partial charge in [-0.2, -0.15) is 0 Å². The third-order valence-electron chi connectivity index (χ3n) is 5.16. The molecule has 2 aliphatic carbocycles. The van der Waals surface area contributed by atoms with E-state index in [-0.39, 0.29) is 0 Å². The fraction of sp³-hybridized carbons (Fsp3) is 0.647. The minimum atomic E-state index is -0.554. The molecule has 1 N–H and O–H groups in total. The van der Waals surface area contributed by atoms with Crippen LogP contribution in [0.2, 0.25) is 0 Å². The van der Waals surface area contributed by atoms with Gasteiger partial charge in [0.25, 0.3) is 0 Å². The molecule has 1 aromatic rings. The smallest absolute Gasteiger partial charge is 0.0902 e. The van der Waals surface area contributed by atoms with Crippen LogP contribution >= 0.6 is 0 Å². The van der Waals surface area contributed by atoms with Crippen molar-refractivity contribution in [2.45, 2.75) is 58.0 Å². The Hall–Kier alpha value is -0.820.